The van der Waals surface area contributed by atoms with Crippen molar-refractivity contribution in [1.82, 2.24) is 4.90 Å². The standard InChI is InChI=1S/C27H28N2O2/c30-27(29(23-14-8-3-9-15-23)17-22-12-6-2-7-13-22)31-20-26-24-18-28(19-25(24)26)16-21-10-4-1-5-11-21/h1-15,24-26H,16-20H2. The number of carbonyl (C=O) groups is 1. The molecule has 1 aliphatic heterocycles. The number of ether oxygens (including phenoxy) is 1. The minimum absolute atomic E-state index is 0.263. The Morgan fingerprint density at radius 1 is 0.806 bits per heavy atom. The Labute approximate surface area is 184 Å². The van der Waals surface area contributed by atoms with E-state index in [-0.39, 0.29) is 6.09 Å². The van der Waals surface area contributed by atoms with Crippen LogP contribution in [0.5, 0.6) is 0 Å². The molecule has 4 heteroatoms. The second-order valence-electron chi connectivity index (χ2n) is 8.66. The Kier molecular flexibility index (Phi) is 5.72. The Bertz CT molecular complexity index is 982. The quantitative estimate of drug-likeness (QED) is 0.534. The lowest BCUT2D eigenvalue weighted by molar-refractivity contribution is 0.138. The first-order chi connectivity index (χ1) is 15.3. The van der Waals surface area contributed by atoms with Crippen LogP contribution in [0, 0.1) is 17.8 Å². The van der Waals surface area contributed by atoms with Gasteiger partial charge in [0.15, 0.2) is 0 Å². The van der Waals surface area contributed by atoms with E-state index >= 15 is 0 Å². The predicted molar refractivity (Wildman–Crippen MR) is 123 cm³/mol. The van der Waals surface area contributed by atoms with Gasteiger partial charge in [-0.05, 0) is 35.1 Å². The molecule has 2 atom stereocenters. The normalized spacial score (nSPS) is 22.0. The van der Waals surface area contributed by atoms with Crippen LogP contribution in [-0.2, 0) is 17.8 Å². The van der Waals surface area contributed by atoms with Crippen LogP contribution in [0.3, 0.4) is 0 Å². The number of benzene rings is 3. The zero-order valence-corrected chi connectivity index (χ0v) is 17.6. The summed E-state index contributed by atoms with van der Waals surface area (Å²) in [6.07, 6.45) is -0.263. The zero-order chi connectivity index (χ0) is 21.0. The molecular weight excluding hydrogens is 384 g/mol. The van der Waals surface area contributed by atoms with Crippen LogP contribution in [0.15, 0.2) is 91.0 Å². The second kappa shape index (κ2) is 8.94. The molecule has 2 unspecified atom stereocenters. The van der Waals surface area contributed by atoms with Crippen molar-refractivity contribution in [3.63, 3.8) is 0 Å². The highest BCUT2D eigenvalue weighted by atomic mass is 16.6. The summed E-state index contributed by atoms with van der Waals surface area (Å²) in [4.78, 5) is 17.3. The number of para-hydroxylation sites is 1. The van der Waals surface area contributed by atoms with Crippen molar-refractivity contribution in [2.45, 2.75) is 13.1 Å². The molecule has 0 radical (unpaired) electrons. The van der Waals surface area contributed by atoms with Gasteiger partial charge in [0.25, 0.3) is 0 Å². The fourth-order valence-corrected chi connectivity index (χ4v) is 4.84. The molecule has 0 bridgehead atoms. The minimum atomic E-state index is -0.263. The van der Waals surface area contributed by atoms with Gasteiger partial charge in [-0.1, -0.05) is 78.9 Å². The van der Waals surface area contributed by atoms with Gasteiger partial charge < -0.3 is 4.74 Å². The molecule has 4 nitrogen and oxygen atoms in total. The first kappa shape index (κ1) is 19.8. The number of hydrogen-bond donors (Lipinski definition) is 0. The number of rotatable bonds is 7. The molecule has 3 aromatic rings. The third-order valence-electron chi connectivity index (χ3n) is 6.57. The van der Waals surface area contributed by atoms with Crippen molar-refractivity contribution in [2.75, 3.05) is 24.6 Å². The van der Waals surface area contributed by atoms with Gasteiger partial charge >= 0.3 is 6.09 Å². The summed E-state index contributed by atoms with van der Waals surface area (Å²) in [5, 5.41) is 0. The van der Waals surface area contributed by atoms with Gasteiger partial charge in [0.2, 0.25) is 0 Å². The van der Waals surface area contributed by atoms with E-state index in [0.29, 0.717) is 30.9 Å². The Morgan fingerprint density at radius 2 is 1.35 bits per heavy atom. The van der Waals surface area contributed by atoms with E-state index in [1.54, 1.807) is 4.90 Å². The molecule has 0 aromatic heterocycles. The maximum Gasteiger partial charge on any atom is 0.414 e. The summed E-state index contributed by atoms with van der Waals surface area (Å²) in [6.45, 7) is 4.25. The van der Waals surface area contributed by atoms with E-state index in [1.165, 1.54) is 5.56 Å². The molecule has 158 valence electrons. The highest BCUT2D eigenvalue weighted by Gasteiger charge is 2.55. The van der Waals surface area contributed by atoms with Gasteiger partial charge in [0, 0.05) is 31.2 Å². The maximum atomic E-state index is 13.0. The Morgan fingerprint density at radius 3 is 1.97 bits per heavy atom. The van der Waals surface area contributed by atoms with Crippen LogP contribution >= 0.6 is 0 Å². The molecular formula is C27H28N2O2. The number of piperidine rings is 1. The average molecular weight is 413 g/mol. The Hall–Kier alpha value is -3.11. The highest BCUT2D eigenvalue weighted by Crippen LogP contribution is 2.52. The molecule has 1 amide bonds. The average Bonchev–Trinajstić information content (AvgIpc) is 3.28. The van der Waals surface area contributed by atoms with Crippen LogP contribution < -0.4 is 4.90 Å². The third-order valence-corrected chi connectivity index (χ3v) is 6.57. The Balaban J connectivity index is 1.15. The minimum Gasteiger partial charge on any atom is -0.449 e. The molecule has 0 N–H and O–H groups in total. The van der Waals surface area contributed by atoms with Gasteiger partial charge in [0.05, 0.1) is 13.2 Å². The fraction of sp³-hybridized carbons (Fsp3) is 0.296. The van der Waals surface area contributed by atoms with E-state index in [4.69, 9.17) is 4.74 Å². The highest BCUT2D eigenvalue weighted by molar-refractivity contribution is 5.87. The number of fused-ring (bicyclic) bond motifs is 1. The molecule has 1 aliphatic carbocycles. The number of anilines is 1. The number of likely N-dealkylation sites (tertiary alicyclic amines) is 1. The molecule has 31 heavy (non-hydrogen) atoms. The van der Waals surface area contributed by atoms with Crippen LogP contribution in [-0.4, -0.2) is 30.7 Å². The van der Waals surface area contributed by atoms with Gasteiger partial charge in [-0.15, -0.1) is 0 Å². The first-order valence-electron chi connectivity index (χ1n) is 11.1. The number of amides is 1. The largest absolute Gasteiger partial charge is 0.449 e. The molecule has 0 spiro atoms. The molecule has 1 saturated carbocycles. The van der Waals surface area contributed by atoms with E-state index in [2.05, 4.69) is 35.2 Å². The lowest BCUT2D eigenvalue weighted by Gasteiger charge is -2.23. The first-order valence-corrected chi connectivity index (χ1v) is 11.1. The van der Waals surface area contributed by atoms with Crippen molar-refractivity contribution >= 4 is 11.8 Å². The summed E-state index contributed by atoms with van der Waals surface area (Å²) in [5.41, 5.74) is 3.32. The van der Waals surface area contributed by atoms with Crippen molar-refractivity contribution in [3.8, 4) is 0 Å². The summed E-state index contributed by atoms with van der Waals surface area (Å²) < 4.78 is 5.81. The summed E-state index contributed by atoms with van der Waals surface area (Å²) >= 11 is 0. The monoisotopic (exact) mass is 412 g/mol. The number of carbonyl (C=O) groups excluding carboxylic acids is 1. The van der Waals surface area contributed by atoms with Gasteiger partial charge in [0.1, 0.15) is 0 Å². The van der Waals surface area contributed by atoms with E-state index in [0.717, 1.165) is 30.9 Å². The predicted octanol–water partition coefficient (Wildman–Crippen LogP) is 5.21. The van der Waals surface area contributed by atoms with Crippen LogP contribution in [0.25, 0.3) is 0 Å². The molecule has 3 aromatic carbocycles. The molecule has 2 aliphatic rings. The van der Waals surface area contributed by atoms with E-state index < -0.39 is 0 Å². The van der Waals surface area contributed by atoms with Gasteiger partial charge in [-0.25, -0.2) is 4.79 Å². The lowest BCUT2D eigenvalue weighted by Crippen LogP contribution is -2.32. The molecule has 2 fully saturated rings. The van der Waals surface area contributed by atoms with Gasteiger partial charge in [-0.3, -0.25) is 9.80 Å². The fourth-order valence-electron chi connectivity index (χ4n) is 4.84. The smallest absolute Gasteiger partial charge is 0.414 e. The van der Waals surface area contributed by atoms with E-state index in [9.17, 15) is 4.79 Å². The van der Waals surface area contributed by atoms with Crippen LogP contribution in [0.2, 0.25) is 0 Å². The number of nitrogens with zero attached hydrogens (tertiary/aromatic N) is 2. The molecule has 1 saturated heterocycles. The zero-order valence-electron chi connectivity index (χ0n) is 17.6. The van der Waals surface area contributed by atoms with E-state index in [1.807, 2.05) is 60.7 Å². The van der Waals surface area contributed by atoms with Crippen molar-refractivity contribution in [1.29, 1.82) is 0 Å². The van der Waals surface area contributed by atoms with Crippen molar-refractivity contribution in [3.05, 3.63) is 102 Å². The van der Waals surface area contributed by atoms with Crippen molar-refractivity contribution < 1.29 is 9.53 Å². The van der Waals surface area contributed by atoms with Crippen LogP contribution in [0.1, 0.15) is 11.1 Å². The van der Waals surface area contributed by atoms with Gasteiger partial charge in [-0.2, -0.15) is 0 Å². The van der Waals surface area contributed by atoms with Crippen LogP contribution in [0.4, 0.5) is 10.5 Å². The molecule has 5 rings (SSSR count). The SMILES string of the molecule is O=C(OCC1C2CN(Cc3ccccc3)CC12)N(Cc1ccccc1)c1ccccc1. The second-order valence-corrected chi connectivity index (χ2v) is 8.66. The van der Waals surface area contributed by atoms with Crippen molar-refractivity contribution in [2.24, 2.45) is 17.8 Å². The lowest BCUT2D eigenvalue weighted by atomic mass is 10.2. The molecule has 1 heterocycles. The maximum absolute atomic E-state index is 13.0. The summed E-state index contributed by atoms with van der Waals surface area (Å²) in [5.74, 6) is 1.83. The summed E-state index contributed by atoms with van der Waals surface area (Å²) in [6, 6.07) is 30.5. The topological polar surface area (TPSA) is 32.8 Å². The number of hydrogen-bond acceptors (Lipinski definition) is 3. The summed E-state index contributed by atoms with van der Waals surface area (Å²) in [7, 11) is 0. The third kappa shape index (κ3) is 4.64.